The van der Waals surface area contributed by atoms with Crippen LogP contribution in [0.2, 0.25) is 0 Å². The lowest BCUT2D eigenvalue weighted by molar-refractivity contribution is -0.138. The maximum atomic E-state index is 13.6. The second kappa shape index (κ2) is 10.4. The van der Waals surface area contributed by atoms with E-state index in [4.69, 9.17) is 4.74 Å². The molecule has 0 aliphatic carbocycles. The molecule has 3 aliphatic heterocycles. The van der Waals surface area contributed by atoms with Crippen molar-refractivity contribution in [2.45, 2.75) is 51.2 Å². The zero-order valence-electron chi connectivity index (χ0n) is 21.0. The summed E-state index contributed by atoms with van der Waals surface area (Å²) in [5, 5.41) is 2.91. The van der Waals surface area contributed by atoms with Crippen LogP contribution in [0, 0.1) is 11.8 Å². The Bertz CT molecular complexity index is 970. The number of nitrogens with zero attached hydrogens (tertiary/aromatic N) is 3. The van der Waals surface area contributed by atoms with Gasteiger partial charge >= 0.3 is 0 Å². The number of likely N-dealkylation sites (tertiary alicyclic amines) is 2. The molecule has 0 bridgehead atoms. The number of Topliss-reactive ketones (excluding diaryl/α,β-unsaturated/α-hetero) is 1. The van der Waals surface area contributed by atoms with Gasteiger partial charge in [0.05, 0.1) is 25.1 Å². The third-order valence-corrected chi connectivity index (χ3v) is 7.22. The van der Waals surface area contributed by atoms with Gasteiger partial charge < -0.3 is 24.8 Å². The molecule has 0 saturated carbocycles. The molecule has 1 aromatic rings. The number of anilines is 1. The first-order valence-corrected chi connectivity index (χ1v) is 12.5. The molecular formula is C26H36N4O5. The fourth-order valence-electron chi connectivity index (χ4n) is 5.37. The monoisotopic (exact) mass is 484 g/mol. The predicted octanol–water partition coefficient (Wildman–Crippen LogP) is 1.31. The molecule has 3 amide bonds. The molecule has 9 heteroatoms. The summed E-state index contributed by atoms with van der Waals surface area (Å²) in [6.45, 7) is 5.37. The Morgan fingerprint density at radius 1 is 1.11 bits per heavy atom. The van der Waals surface area contributed by atoms with E-state index in [1.807, 2.05) is 45.0 Å². The van der Waals surface area contributed by atoms with Crippen molar-refractivity contribution in [2.75, 3.05) is 45.3 Å². The Morgan fingerprint density at radius 3 is 2.43 bits per heavy atom. The molecule has 190 valence electrons. The molecule has 3 fully saturated rings. The fraction of sp³-hybridized carbons (Fsp3) is 0.615. The van der Waals surface area contributed by atoms with E-state index in [2.05, 4.69) is 5.32 Å². The Hall–Kier alpha value is -2.94. The SMILES string of the molecule is CC(C)C[C@H](NC(=O)c1ccc(N(C)C)cc1)C(=O)N1CCC2C1C(=O)CN2C(=O)C1CCOC1. The van der Waals surface area contributed by atoms with Gasteiger partial charge in [0.15, 0.2) is 5.78 Å². The molecule has 4 atom stereocenters. The van der Waals surface area contributed by atoms with Crippen LogP contribution >= 0.6 is 0 Å². The van der Waals surface area contributed by atoms with Crippen LogP contribution in [0.25, 0.3) is 0 Å². The number of hydrogen-bond donors (Lipinski definition) is 1. The Kier molecular flexibility index (Phi) is 7.44. The fourth-order valence-corrected chi connectivity index (χ4v) is 5.37. The van der Waals surface area contributed by atoms with Gasteiger partial charge in [0.2, 0.25) is 11.8 Å². The van der Waals surface area contributed by atoms with Crippen molar-refractivity contribution in [2.24, 2.45) is 11.8 Å². The number of ether oxygens (including phenoxy) is 1. The summed E-state index contributed by atoms with van der Waals surface area (Å²) in [6.07, 6.45) is 1.70. The van der Waals surface area contributed by atoms with Gasteiger partial charge in [0.1, 0.15) is 12.1 Å². The van der Waals surface area contributed by atoms with Crippen LogP contribution in [0.3, 0.4) is 0 Å². The summed E-state index contributed by atoms with van der Waals surface area (Å²) in [7, 11) is 3.85. The molecule has 9 nitrogen and oxygen atoms in total. The first-order chi connectivity index (χ1) is 16.7. The first kappa shape index (κ1) is 25.2. The maximum absolute atomic E-state index is 13.6. The summed E-state index contributed by atoms with van der Waals surface area (Å²) in [6, 6.07) is 5.52. The van der Waals surface area contributed by atoms with Crippen molar-refractivity contribution in [3.05, 3.63) is 29.8 Å². The maximum Gasteiger partial charge on any atom is 0.251 e. The van der Waals surface area contributed by atoms with E-state index in [0.29, 0.717) is 44.6 Å². The summed E-state index contributed by atoms with van der Waals surface area (Å²) >= 11 is 0. The van der Waals surface area contributed by atoms with Gasteiger partial charge in [-0.15, -0.1) is 0 Å². The lowest BCUT2D eigenvalue weighted by Gasteiger charge is -2.29. The number of carbonyl (C=O) groups is 4. The van der Waals surface area contributed by atoms with Crippen molar-refractivity contribution < 1.29 is 23.9 Å². The minimum Gasteiger partial charge on any atom is -0.381 e. The lowest BCUT2D eigenvalue weighted by atomic mass is 10.0. The number of rotatable bonds is 7. The van der Waals surface area contributed by atoms with E-state index in [9.17, 15) is 19.2 Å². The smallest absolute Gasteiger partial charge is 0.251 e. The van der Waals surface area contributed by atoms with Crippen LogP contribution in [0.4, 0.5) is 5.69 Å². The molecule has 3 saturated heterocycles. The third kappa shape index (κ3) is 5.19. The number of carbonyl (C=O) groups excluding carboxylic acids is 4. The quantitative estimate of drug-likeness (QED) is 0.627. The van der Waals surface area contributed by atoms with Gasteiger partial charge in [0.25, 0.3) is 5.91 Å². The highest BCUT2D eigenvalue weighted by atomic mass is 16.5. The summed E-state index contributed by atoms with van der Waals surface area (Å²) in [4.78, 5) is 57.8. The molecule has 1 N–H and O–H groups in total. The molecule has 3 unspecified atom stereocenters. The van der Waals surface area contributed by atoms with Gasteiger partial charge in [-0.3, -0.25) is 19.2 Å². The normalized spacial score (nSPS) is 24.6. The second-order valence-corrected chi connectivity index (χ2v) is 10.4. The molecule has 3 heterocycles. The van der Waals surface area contributed by atoms with Crippen LogP contribution < -0.4 is 10.2 Å². The molecule has 4 rings (SSSR count). The molecular weight excluding hydrogens is 448 g/mol. The molecule has 3 aliphatic rings. The van der Waals surface area contributed by atoms with Crippen molar-refractivity contribution >= 4 is 29.2 Å². The predicted molar refractivity (Wildman–Crippen MR) is 131 cm³/mol. The summed E-state index contributed by atoms with van der Waals surface area (Å²) in [5.41, 5.74) is 1.45. The van der Waals surface area contributed by atoms with Crippen LogP contribution in [0.5, 0.6) is 0 Å². The summed E-state index contributed by atoms with van der Waals surface area (Å²) < 4.78 is 5.36. The van der Waals surface area contributed by atoms with Crippen LogP contribution in [-0.4, -0.2) is 91.8 Å². The molecule has 0 spiro atoms. The standard InChI is InChI=1S/C26H36N4O5/c1-16(2)13-20(27-24(32)17-5-7-19(8-6-17)28(3)4)26(34)29-11-9-21-23(29)22(31)14-30(21)25(33)18-10-12-35-15-18/h5-8,16,18,20-21,23H,9-15H2,1-4H3,(H,27,32)/t18?,20-,21?,23?/m0/s1. The zero-order chi connectivity index (χ0) is 25.3. The number of amides is 3. The number of nitrogens with one attached hydrogen (secondary N) is 1. The van der Waals surface area contributed by atoms with Crippen molar-refractivity contribution in [1.29, 1.82) is 0 Å². The molecule has 1 aromatic carbocycles. The van der Waals surface area contributed by atoms with E-state index in [0.717, 1.165) is 5.69 Å². The van der Waals surface area contributed by atoms with Crippen molar-refractivity contribution in [3.8, 4) is 0 Å². The highest BCUT2D eigenvalue weighted by Crippen LogP contribution is 2.32. The minimum atomic E-state index is -0.740. The zero-order valence-corrected chi connectivity index (χ0v) is 21.0. The van der Waals surface area contributed by atoms with E-state index in [1.165, 1.54) is 0 Å². The largest absolute Gasteiger partial charge is 0.381 e. The number of hydrogen-bond acceptors (Lipinski definition) is 6. The third-order valence-electron chi connectivity index (χ3n) is 7.22. The Balaban J connectivity index is 1.47. The van der Waals surface area contributed by atoms with Gasteiger partial charge in [-0.05, 0) is 49.4 Å². The lowest BCUT2D eigenvalue weighted by Crippen LogP contribution is -2.53. The number of fused-ring (bicyclic) bond motifs is 1. The highest BCUT2D eigenvalue weighted by Gasteiger charge is 2.53. The van der Waals surface area contributed by atoms with Gasteiger partial charge in [-0.1, -0.05) is 13.8 Å². The van der Waals surface area contributed by atoms with Gasteiger partial charge in [-0.25, -0.2) is 0 Å². The van der Waals surface area contributed by atoms with Crippen molar-refractivity contribution in [3.63, 3.8) is 0 Å². The number of benzene rings is 1. The average molecular weight is 485 g/mol. The number of ketones is 1. The first-order valence-electron chi connectivity index (χ1n) is 12.5. The molecule has 0 radical (unpaired) electrons. The van der Waals surface area contributed by atoms with Crippen LogP contribution in [0.15, 0.2) is 24.3 Å². The highest BCUT2D eigenvalue weighted by molar-refractivity contribution is 6.01. The topological polar surface area (TPSA) is 99.3 Å². The second-order valence-electron chi connectivity index (χ2n) is 10.4. The van der Waals surface area contributed by atoms with E-state index >= 15 is 0 Å². The van der Waals surface area contributed by atoms with E-state index in [-0.39, 0.29) is 47.9 Å². The molecule has 0 aromatic heterocycles. The average Bonchev–Trinajstić information content (AvgIpc) is 3.56. The Morgan fingerprint density at radius 2 is 1.83 bits per heavy atom. The van der Waals surface area contributed by atoms with E-state index < -0.39 is 12.1 Å². The van der Waals surface area contributed by atoms with Crippen LogP contribution in [0.1, 0.15) is 43.5 Å². The van der Waals surface area contributed by atoms with E-state index in [1.54, 1.807) is 21.9 Å². The summed E-state index contributed by atoms with van der Waals surface area (Å²) in [5.74, 6) is -0.776. The van der Waals surface area contributed by atoms with Crippen molar-refractivity contribution in [1.82, 2.24) is 15.1 Å². The Labute approximate surface area is 206 Å². The van der Waals surface area contributed by atoms with Crippen LogP contribution in [-0.2, 0) is 19.1 Å². The van der Waals surface area contributed by atoms with Gasteiger partial charge in [-0.2, -0.15) is 0 Å². The minimum absolute atomic E-state index is 0.0356. The van der Waals surface area contributed by atoms with Gasteiger partial charge in [0, 0.05) is 38.5 Å². The molecule has 35 heavy (non-hydrogen) atoms.